The topological polar surface area (TPSA) is 60.4 Å². The quantitative estimate of drug-likeness (QED) is 0.556. The molecule has 0 radical (unpaired) electrons. The van der Waals surface area contributed by atoms with Gasteiger partial charge in [0.2, 0.25) is 0 Å². The van der Waals surface area contributed by atoms with E-state index in [0.717, 1.165) is 16.9 Å². The number of amides is 1. The van der Waals surface area contributed by atoms with Gasteiger partial charge in [-0.2, -0.15) is 0 Å². The standard InChI is InChI=1S/C25H22N2O4/c1-29-20-12-10-19(11-13-20)27-24(18-7-5-4-6-8-18)26-21(25(27)28)15-17-9-14-22(30-2)23(16-17)31-3/h4-16H,1-3H3/b21-15+. The van der Waals surface area contributed by atoms with E-state index in [0.29, 0.717) is 28.7 Å². The van der Waals surface area contributed by atoms with Crippen LogP contribution in [0.2, 0.25) is 0 Å². The zero-order valence-electron chi connectivity index (χ0n) is 17.5. The lowest BCUT2D eigenvalue weighted by Gasteiger charge is -2.18. The number of hydrogen-bond acceptors (Lipinski definition) is 5. The molecular weight excluding hydrogens is 392 g/mol. The van der Waals surface area contributed by atoms with Gasteiger partial charge in [0.1, 0.15) is 17.3 Å². The number of amidine groups is 1. The van der Waals surface area contributed by atoms with Crippen LogP contribution in [-0.4, -0.2) is 33.1 Å². The Kier molecular flexibility index (Phi) is 5.71. The summed E-state index contributed by atoms with van der Waals surface area (Å²) in [5.41, 5.74) is 2.68. The Morgan fingerprint density at radius 1 is 0.806 bits per heavy atom. The molecule has 0 N–H and O–H groups in total. The third-order valence-corrected chi connectivity index (χ3v) is 4.93. The van der Waals surface area contributed by atoms with Crippen LogP contribution in [0.5, 0.6) is 17.2 Å². The minimum Gasteiger partial charge on any atom is -0.497 e. The summed E-state index contributed by atoms with van der Waals surface area (Å²) < 4.78 is 15.9. The number of rotatable bonds is 6. The first-order valence-electron chi connectivity index (χ1n) is 9.71. The summed E-state index contributed by atoms with van der Waals surface area (Å²) in [5.74, 6) is 2.29. The summed E-state index contributed by atoms with van der Waals surface area (Å²) in [4.78, 5) is 19.7. The Morgan fingerprint density at radius 3 is 2.16 bits per heavy atom. The predicted octanol–water partition coefficient (Wildman–Crippen LogP) is 4.55. The van der Waals surface area contributed by atoms with Crippen molar-refractivity contribution in [3.8, 4) is 17.2 Å². The smallest absolute Gasteiger partial charge is 0.282 e. The van der Waals surface area contributed by atoms with Gasteiger partial charge in [-0.05, 0) is 48.0 Å². The Hall–Kier alpha value is -4.06. The zero-order chi connectivity index (χ0) is 21.8. The molecule has 0 aliphatic carbocycles. The van der Waals surface area contributed by atoms with E-state index in [-0.39, 0.29) is 5.91 Å². The van der Waals surface area contributed by atoms with Crippen LogP contribution in [0.25, 0.3) is 6.08 Å². The van der Waals surface area contributed by atoms with Crippen molar-refractivity contribution in [3.05, 3.63) is 89.6 Å². The molecule has 0 spiro atoms. The Morgan fingerprint density at radius 2 is 1.52 bits per heavy atom. The highest BCUT2D eigenvalue weighted by Crippen LogP contribution is 2.31. The van der Waals surface area contributed by atoms with Gasteiger partial charge < -0.3 is 14.2 Å². The molecule has 4 rings (SSSR count). The minimum atomic E-state index is -0.209. The minimum absolute atomic E-state index is 0.209. The van der Waals surface area contributed by atoms with Crippen molar-refractivity contribution in [3.63, 3.8) is 0 Å². The van der Waals surface area contributed by atoms with Gasteiger partial charge in [-0.1, -0.05) is 36.4 Å². The number of nitrogens with zero attached hydrogens (tertiary/aromatic N) is 2. The van der Waals surface area contributed by atoms with E-state index in [9.17, 15) is 4.79 Å². The van der Waals surface area contributed by atoms with E-state index < -0.39 is 0 Å². The first-order valence-corrected chi connectivity index (χ1v) is 9.71. The lowest BCUT2D eigenvalue weighted by Crippen LogP contribution is -2.32. The molecule has 0 saturated carbocycles. The van der Waals surface area contributed by atoms with Gasteiger partial charge in [0.15, 0.2) is 11.5 Å². The van der Waals surface area contributed by atoms with Gasteiger partial charge in [-0.15, -0.1) is 0 Å². The van der Waals surface area contributed by atoms with Crippen LogP contribution in [-0.2, 0) is 4.79 Å². The molecule has 1 aliphatic heterocycles. The van der Waals surface area contributed by atoms with Crippen LogP contribution in [0.15, 0.2) is 83.5 Å². The molecule has 0 aromatic heterocycles. The summed E-state index contributed by atoms with van der Waals surface area (Å²) in [6, 6.07) is 22.4. The number of benzene rings is 3. The van der Waals surface area contributed by atoms with Crippen LogP contribution in [0.4, 0.5) is 5.69 Å². The third-order valence-electron chi connectivity index (χ3n) is 4.93. The first-order chi connectivity index (χ1) is 15.1. The molecule has 0 fully saturated rings. The summed E-state index contributed by atoms with van der Waals surface area (Å²) in [7, 11) is 4.77. The molecule has 0 unspecified atom stereocenters. The normalized spacial score (nSPS) is 14.5. The Bertz CT molecular complexity index is 1150. The van der Waals surface area contributed by atoms with Crippen LogP contribution in [0, 0.1) is 0 Å². The number of anilines is 1. The van der Waals surface area contributed by atoms with Crippen LogP contribution < -0.4 is 19.1 Å². The average Bonchev–Trinajstić information content (AvgIpc) is 3.15. The molecule has 0 bridgehead atoms. The maximum atomic E-state index is 13.4. The van der Waals surface area contributed by atoms with Crippen molar-refractivity contribution in [2.24, 2.45) is 4.99 Å². The highest BCUT2D eigenvalue weighted by atomic mass is 16.5. The zero-order valence-corrected chi connectivity index (χ0v) is 17.5. The van der Waals surface area contributed by atoms with Crippen molar-refractivity contribution in [2.75, 3.05) is 26.2 Å². The van der Waals surface area contributed by atoms with E-state index in [1.165, 1.54) is 0 Å². The second-order valence-electron chi connectivity index (χ2n) is 6.78. The molecule has 3 aromatic rings. The number of carbonyl (C=O) groups excluding carboxylic acids is 1. The number of carbonyl (C=O) groups is 1. The molecule has 0 atom stereocenters. The molecule has 1 heterocycles. The molecule has 156 valence electrons. The van der Waals surface area contributed by atoms with Crippen molar-refractivity contribution in [1.29, 1.82) is 0 Å². The number of methoxy groups -OCH3 is 3. The summed E-state index contributed by atoms with van der Waals surface area (Å²) in [6.45, 7) is 0. The summed E-state index contributed by atoms with van der Waals surface area (Å²) in [5, 5.41) is 0. The SMILES string of the molecule is COc1ccc(N2C(=O)/C(=C\c3ccc(OC)c(OC)c3)N=C2c2ccccc2)cc1. The van der Waals surface area contributed by atoms with Gasteiger partial charge >= 0.3 is 0 Å². The molecular formula is C25H22N2O4. The van der Waals surface area contributed by atoms with E-state index in [1.54, 1.807) is 38.4 Å². The van der Waals surface area contributed by atoms with Crippen LogP contribution in [0.1, 0.15) is 11.1 Å². The van der Waals surface area contributed by atoms with E-state index in [4.69, 9.17) is 14.2 Å². The molecule has 6 heteroatoms. The second kappa shape index (κ2) is 8.75. The fourth-order valence-corrected chi connectivity index (χ4v) is 3.37. The molecule has 6 nitrogen and oxygen atoms in total. The number of aliphatic imine (C=N–C) groups is 1. The molecule has 3 aromatic carbocycles. The van der Waals surface area contributed by atoms with Gasteiger partial charge in [0, 0.05) is 5.56 Å². The van der Waals surface area contributed by atoms with Crippen molar-refractivity contribution >= 4 is 23.5 Å². The highest BCUT2D eigenvalue weighted by molar-refractivity contribution is 6.33. The fourth-order valence-electron chi connectivity index (χ4n) is 3.37. The monoisotopic (exact) mass is 414 g/mol. The van der Waals surface area contributed by atoms with E-state index in [1.807, 2.05) is 66.7 Å². The van der Waals surface area contributed by atoms with E-state index in [2.05, 4.69) is 4.99 Å². The Labute approximate surface area is 181 Å². The fraction of sp³-hybridized carbons (Fsp3) is 0.120. The largest absolute Gasteiger partial charge is 0.497 e. The predicted molar refractivity (Wildman–Crippen MR) is 121 cm³/mol. The maximum absolute atomic E-state index is 13.4. The molecule has 1 amide bonds. The molecule has 0 saturated heterocycles. The van der Waals surface area contributed by atoms with E-state index >= 15 is 0 Å². The lowest BCUT2D eigenvalue weighted by molar-refractivity contribution is -0.113. The van der Waals surface area contributed by atoms with Crippen molar-refractivity contribution < 1.29 is 19.0 Å². The second-order valence-corrected chi connectivity index (χ2v) is 6.78. The van der Waals surface area contributed by atoms with Gasteiger partial charge in [0.25, 0.3) is 5.91 Å². The van der Waals surface area contributed by atoms with Gasteiger partial charge in [0.05, 0.1) is 27.0 Å². The average molecular weight is 414 g/mol. The Balaban J connectivity index is 1.78. The van der Waals surface area contributed by atoms with Gasteiger partial charge in [-0.25, -0.2) is 4.99 Å². The van der Waals surface area contributed by atoms with Gasteiger partial charge in [-0.3, -0.25) is 9.69 Å². The summed E-state index contributed by atoms with van der Waals surface area (Å²) in [6.07, 6.45) is 1.75. The molecule has 31 heavy (non-hydrogen) atoms. The number of ether oxygens (including phenoxy) is 3. The van der Waals surface area contributed by atoms with Crippen molar-refractivity contribution in [1.82, 2.24) is 0 Å². The first kappa shape index (κ1) is 20.2. The maximum Gasteiger partial charge on any atom is 0.282 e. The highest BCUT2D eigenvalue weighted by Gasteiger charge is 2.32. The number of hydrogen-bond donors (Lipinski definition) is 0. The van der Waals surface area contributed by atoms with Crippen LogP contribution in [0.3, 0.4) is 0 Å². The van der Waals surface area contributed by atoms with Crippen molar-refractivity contribution in [2.45, 2.75) is 0 Å². The van der Waals surface area contributed by atoms with Crippen LogP contribution >= 0.6 is 0 Å². The summed E-state index contributed by atoms with van der Waals surface area (Å²) >= 11 is 0. The lowest BCUT2D eigenvalue weighted by atomic mass is 10.1. The molecule has 1 aliphatic rings. The third kappa shape index (κ3) is 4.00.